The van der Waals surface area contributed by atoms with E-state index >= 15 is 0 Å². The molecule has 1 amide bonds. The molecule has 1 aromatic heterocycles. The zero-order chi connectivity index (χ0) is 15.6. The topological polar surface area (TPSA) is 49.9 Å². The molecule has 0 aromatic carbocycles. The van der Waals surface area contributed by atoms with E-state index in [0.717, 1.165) is 19.6 Å². The second kappa shape index (κ2) is 6.38. The van der Waals surface area contributed by atoms with Crippen molar-refractivity contribution in [2.24, 2.45) is 5.41 Å². The minimum absolute atomic E-state index is 0.0262. The van der Waals surface area contributed by atoms with Crippen LogP contribution in [-0.4, -0.2) is 54.5 Å². The van der Waals surface area contributed by atoms with Crippen LogP contribution in [0, 0.1) is 5.41 Å². The van der Waals surface area contributed by atoms with Crippen molar-refractivity contribution < 1.29 is 14.3 Å². The summed E-state index contributed by atoms with van der Waals surface area (Å²) in [6.07, 6.45) is 1.28. The lowest BCUT2D eigenvalue weighted by molar-refractivity contribution is -0.158. The summed E-state index contributed by atoms with van der Waals surface area (Å²) in [6, 6.07) is 4.21. The van der Waals surface area contributed by atoms with Gasteiger partial charge < -0.3 is 9.64 Å². The van der Waals surface area contributed by atoms with Crippen molar-refractivity contribution in [3.8, 4) is 0 Å². The van der Waals surface area contributed by atoms with Crippen molar-refractivity contribution in [2.75, 3.05) is 32.8 Å². The van der Waals surface area contributed by atoms with Gasteiger partial charge in [0, 0.05) is 37.6 Å². The summed E-state index contributed by atoms with van der Waals surface area (Å²) >= 11 is 1.76. The molecule has 2 aliphatic rings. The smallest absolute Gasteiger partial charge is 0.321 e. The molecule has 1 aromatic rings. The van der Waals surface area contributed by atoms with Gasteiger partial charge in [-0.2, -0.15) is 0 Å². The van der Waals surface area contributed by atoms with Crippen molar-refractivity contribution in [1.29, 1.82) is 0 Å². The maximum absolute atomic E-state index is 12.6. The number of esters is 1. The Morgan fingerprint density at radius 1 is 1.27 bits per heavy atom. The minimum Gasteiger partial charge on any atom is -0.465 e. The lowest BCUT2D eigenvalue weighted by Gasteiger charge is -2.36. The summed E-state index contributed by atoms with van der Waals surface area (Å²) in [4.78, 5) is 30.2. The fourth-order valence-electron chi connectivity index (χ4n) is 2.93. The number of hydrogen-bond acceptors (Lipinski definition) is 5. The molecule has 0 N–H and O–H groups in total. The summed E-state index contributed by atoms with van der Waals surface area (Å²) in [7, 11) is 0. The van der Waals surface area contributed by atoms with Gasteiger partial charge in [0.2, 0.25) is 5.91 Å². The van der Waals surface area contributed by atoms with E-state index in [-0.39, 0.29) is 11.9 Å². The van der Waals surface area contributed by atoms with Crippen LogP contribution >= 0.6 is 11.3 Å². The molecule has 3 rings (SSSR count). The summed E-state index contributed by atoms with van der Waals surface area (Å²) in [6.45, 7) is 6.19. The number of nitrogens with zero attached hydrogens (tertiary/aromatic N) is 2. The third kappa shape index (κ3) is 3.03. The molecule has 120 valence electrons. The van der Waals surface area contributed by atoms with Crippen LogP contribution < -0.4 is 0 Å². The molecule has 0 atom stereocenters. The molecule has 1 aliphatic carbocycles. The van der Waals surface area contributed by atoms with Crippen LogP contribution in [0.5, 0.6) is 0 Å². The average Bonchev–Trinajstić information content (AvgIpc) is 3.19. The molecule has 1 saturated heterocycles. The van der Waals surface area contributed by atoms with Gasteiger partial charge in [-0.05, 0) is 31.2 Å². The van der Waals surface area contributed by atoms with Gasteiger partial charge in [0.05, 0.1) is 6.61 Å². The van der Waals surface area contributed by atoms with E-state index in [1.165, 1.54) is 4.88 Å². The van der Waals surface area contributed by atoms with Crippen LogP contribution in [-0.2, 0) is 20.9 Å². The van der Waals surface area contributed by atoms with E-state index in [4.69, 9.17) is 4.74 Å². The number of amides is 1. The van der Waals surface area contributed by atoms with Crippen LogP contribution in [0.2, 0.25) is 0 Å². The third-order valence-corrected chi connectivity index (χ3v) is 5.31. The second-order valence-electron chi connectivity index (χ2n) is 5.95. The van der Waals surface area contributed by atoms with Gasteiger partial charge in [0.15, 0.2) is 0 Å². The fraction of sp³-hybridized carbons (Fsp3) is 0.625. The van der Waals surface area contributed by atoms with Crippen molar-refractivity contribution >= 4 is 23.2 Å². The van der Waals surface area contributed by atoms with E-state index in [1.807, 2.05) is 4.90 Å². The monoisotopic (exact) mass is 322 g/mol. The fourth-order valence-corrected chi connectivity index (χ4v) is 3.68. The zero-order valence-electron chi connectivity index (χ0n) is 12.9. The second-order valence-corrected chi connectivity index (χ2v) is 6.98. The third-order valence-electron chi connectivity index (χ3n) is 4.44. The quantitative estimate of drug-likeness (QED) is 0.612. The number of rotatable bonds is 5. The molecule has 0 radical (unpaired) electrons. The van der Waals surface area contributed by atoms with Gasteiger partial charge in [-0.15, -0.1) is 11.3 Å². The number of piperazine rings is 1. The van der Waals surface area contributed by atoms with Crippen LogP contribution in [0.3, 0.4) is 0 Å². The summed E-state index contributed by atoms with van der Waals surface area (Å²) in [5.41, 5.74) is -0.855. The van der Waals surface area contributed by atoms with Crippen LogP contribution in [0.4, 0.5) is 0 Å². The number of carbonyl (C=O) groups excluding carboxylic acids is 2. The molecule has 0 bridgehead atoms. The highest BCUT2D eigenvalue weighted by molar-refractivity contribution is 7.09. The van der Waals surface area contributed by atoms with Gasteiger partial charge in [-0.25, -0.2) is 0 Å². The van der Waals surface area contributed by atoms with Gasteiger partial charge >= 0.3 is 5.97 Å². The number of carbonyl (C=O) groups is 2. The first-order chi connectivity index (χ1) is 10.7. The number of thiophene rings is 1. The van der Waals surface area contributed by atoms with Crippen LogP contribution in [0.1, 0.15) is 24.6 Å². The Labute approximate surface area is 134 Å². The average molecular weight is 322 g/mol. The van der Waals surface area contributed by atoms with Gasteiger partial charge in [0.1, 0.15) is 5.41 Å². The zero-order valence-corrected chi connectivity index (χ0v) is 13.7. The highest BCUT2D eigenvalue weighted by atomic mass is 32.1. The maximum atomic E-state index is 12.6. The molecule has 2 fully saturated rings. The molecule has 1 saturated carbocycles. The van der Waals surface area contributed by atoms with E-state index < -0.39 is 5.41 Å². The molecule has 22 heavy (non-hydrogen) atoms. The van der Waals surface area contributed by atoms with Gasteiger partial charge in [0.25, 0.3) is 0 Å². The maximum Gasteiger partial charge on any atom is 0.321 e. The van der Waals surface area contributed by atoms with Crippen LogP contribution in [0.25, 0.3) is 0 Å². The SMILES string of the molecule is CCOC(=O)C1(C(=O)N2CCN(Cc3cccs3)CC2)CC1. The van der Waals surface area contributed by atoms with Gasteiger partial charge in [-0.1, -0.05) is 6.07 Å². The van der Waals surface area contributed by atoms with E-state index in [0.29, 0.717) is 32.5 Å². The predicted octanol–water partition coefficient (Wildman–Crippen LogP) is 1.74. The highest BCUT2D eigenvalue weighted by Crippen LogP contribution is 2.48. The van der Waals surface area contributed by atoms with E-state index in [9.17, 15) is 9.59 Å². The Balaban J connectivity index is 1.53. The predicted molar refractivity (Wildman–Crippen MR) is 84.5 cm³/mol. The Bertz CT molecular complexity index is 532. The molecule has 0 spiro atoms. The lowest BCUT2D eigenvalue weighted by Crippen LogP contribution is -2.51. The normalized spacial score (nSPS) is 20.7. The summed E-state index contributed by atoms with van der Waals surface area (Å²) < 4.78 is 5.08. The first kappa shape index (κ1) is 15.5. The summed E-state index contributed by atoms with van der Waals surface area (Å²) in [5, 5.41) is 2.09. The molecule has 0 unspecified atom stereocenters. The molecule has 5 nitrogen and oxygen atoms in total. The van der Waals surface area contributed by atoms with Crippen molar-refractivity contribution in [2.45, 2.75) is 26.3 Å². The van der Waals surface area contributed by atoms with Gasteiger partial charge in [-0.3, -0.25) is 14.5 Å². The first-order valence-corrected chi connectivity index (χ1v) is 8.75. The molecular weight excluding hydrogens is 300 g/mol. The Kier molecular flexibility index (Phi) is 4.49. The highest BCUT2D eigenvalue weighted by Gasteiger charge is 2.59. The summed E-state index contributed by atoms with van der Waals surface area (Å²) in [5.74, 6) is -0.359. The molecule has 6 heteroatoms. The minimum atomic E-state index is -0.855. The molecular formula is C16H22N2O3S. The van der Waals surface area contributed by atoms with Crippen molar-refractivity contribution in [1.82, 2.24) is 9.80 Å². The Hall–Kier alpha value is -1.40. The Morgan fingerprint density at radius 3 is 2.55 bits per heavy atom. The molecule has 1 aliphatic heterocycles. The first-order valence-electron chi connectivity index (χ1n) is 7.87. The van der Waals surface area contributed by atoms with Crippen molar-refractivity contribution in [3.05, 3.63) is 22.4 Å². The van der Waals surface area contributed by atoms with E-state index in [2.05, 4.69) is 22.4 Å². The van der Waals surface area contributed by atoms with Crippen molar-refractivity contribution in [3.63, 3.8) is 0 Å². The van der Waals surface area contributed by atoms with E-state index in [1.54, 1.807) is 18.3 Å². The largest absolute Gasteiger partial charge is 0.465 e. The number of ether oxygens (including phenoxy) is 1. The lowest BCUT2D eigenvalue weighted by atomic mass is 10.1. The molecule has 2 heterocycles. The standard InChI is InChI=1S/C16H22N2O3S/c1-2-21-15(20)16(5-6-16)14(19)18-9-7-17(8-10-18)12-13-4-3-11-22-13/h3-4,11H,2,5-10,12H2,1H3. The van der Waals surface area contributed by atoms with Crippen LogP contribution in [0.15, 0.2) is 17.5 Å². The number of hydrogen-bond donors (Lipinski definition) is 0. The Morgan fingerprint density at radius 2 is 2.00 bits per heavy atom.